The van der Waals surface area contributed by atoms with E-state index in [-0.39, 0.29) is 18.2 Å². The van der Waals surface area contributed by atoms with Crippen LogP contribution in [0.15, 0.2) is 12.7 Å². The molecule has 17 heavy (non-hydrogen) atoms. The molecule has 96 valence electrons. The molecule has 0 radical (unpaired) electrons. The number of carbonyl (C=O) groups is 2. The first-order valence-corrected chi connectivity index (χ1v) is 6.29. The van der Waals surface area contributed by atoms with E-state index in [2.05, 4.69) is 6.58 Å². The smallest absolute Gasteiger partial charge is 0.306 e. The zero-order valence-electron chi connectivity index (χ0n) is 10.8. The van der Waals surface area contributed by atoms with Crippen molar-refractivity contribution < 1.29 is 14.3 Å². The van der Waals surface area contributed by atoms with E-state index < -0.39 is 5.41 Å². The monoisotopic (exact) mass is 238 g/mol. The number of rotatable bonds is 5. The van der Waals surface area contributed by atoms with Gasteiger partial charge in [0.15, 0.2) is 0 Å². The Morgan fingerprint density at radius 1 is 1.65 bits per heavy atom. The standard InChI is InChI=1S/C14H22O3/c1-4-6-11-7-8-14(5-2,12(15)9-11)10-13(16)17-3/h4,11H,1,5-10H2,2-3H3/t11-,14+/m1/s1. The van der Waals surface area contributed by atoms with Gasteiger partial charge in [-0.25, -0.2) is 0 Å². The molecule has 0 aromatic rings. The van der Waals surface area contributed by atoms with Crippen molar-refractivity contribution >= 4 is 11.8 Å². The van der Waals surface area contributed by atoms with Gasteiger partial charge in [-0.15, -0.1) is 6.58 Å². The molecule has 0 heterocycles. The van der Waals surface area contributed by atoms with E-state index in [0.29, 0.717) is 12.3 Å². The van der Waals surface area contributed by atoms with Crippen molar-refractivity contribution in [3.8, 4) is 0 Å². The molecule has 0 aromatic carbocycles. The Morgan fingerprint density at radius 3 is 2.82 bits per heavy atom. The maximum Gasteiger partial charge on any atom is 0.306 e. The summed E-state index contributed by atoms with van der Waals surface area (Å²) in [6.45, 7) is 5.69. The number of esters is 1. The van der Waals surface area contributed by atoms with Crippen molar-refractivity contribution in [1.82, 2.24) is 0 Å². The average molecular weight is 238 g/mol. The maximum atomic E-state index is 12.2. The molecule has 0 spiro atoms. The predicted octanol–water partition coefficient (Wildman–Crippen LogP) is 2.89. The second kappa shape index (κ2) is 5.99. The molecular weight excluding hydrogens is 216 g/mol. The van der Waals surface area contributed by atoms with Crippen LogP contribution in [0.25, 0.3) is 0 Å². The van der Waals surface area contributed by atoms with E-state index in [0.717, 1.165) is 25.7 Å². The quantitative estimate of drug-likeness (QED) is 0.546. The SMILES string of the molecule is C=CC[C@@H]1CC[C@@](CC)(CC(=O)OC)C(=O)C1. The lowest BCUT2D eigenvalue weighted by Crippen LogP contribution is -2.38. The molecule has 0 aliphatic heterocycles. The summed E-state index contributed by atoms with van der Waals surface area (Å²) >= 11 is 0. The van der Waals surface area contributed by atoms with E-state index in [4.69, 9.17) is 4.74 Å². The molecule has 0 aromatic heterocycles. The first kappa shape index (κ1) is 13.9. The highest BCUT2D eigenvalue weighted by Gasteiger charge is 2.42. The summed E-state index contributed by atoms with van der Waals surface area (Å²) in [6.07, 6.45) is 6.11. The lowest BCUT2D eigenvalue weighted by molar-refractivity contribution is -0.149. The van der Waals surface area contributed by atoms with Crippen molar-refractivity contribution in [1.29, 1.82) is 0 Å². The molecule has 1 rings (SSSR count). The summed E-state index contributed by atoms with van der Waals surface area (Å²) in [5.74, 6) is 0.364. The summed E-state index contributed by atoms with van der Waals surface area (Å²) in [5.41, 5.74) is -0.467. The maximum absolute atomic E-state index is 12.2. The van der Waals surface area contributed by atoms with Gasteiger partial charge in [-0.05, 0) is 31.6 Å². The topological polar surface area (TPSA) is 43.4 Å². The van der Waals surface area contributed by atoms with Crippen molar-refractivity contribution in [3.05, 3.63) is 12.7 Å². The van der Waals surface area contributed by atoms with E-state index in [1.807, 2.05) is 13.0 Å². The van der Waals surface area contributed by atoms with Crippen LogP contribution in [0.5, 0.6) is 0 Å². The average Bonchev–Trinajstić information content (AvgIpc) is 2.33. The summed E-state index contributed by atoms with van der Waals surface area (Å²) < 4.78 is 4.70. The number of allylic oxidation sites excluding steroid dienone is 1. The summed E-state index contributed by atoms with van der Waals surface area (Å²) in [4.78, 5) is 23.6. The van der Waals surface area contributed by atoms with Gasteiger partial charge in [0.2, 0.25) is 0 Å². The molecular formula is C14H22O3. The van der Waals surface area contributed by atoms with Crippen LogP contribution in [0.3, 0.4) is 0 Å². The molecule has 3 nitrogen and oxygen atoms in total. The highest BCUT2D eigenvalue weighted by molar-refractivity contribution is 5.89. The third kappa shape index (κ3) is 3.18. The van der Waals surface area contributed by atoms with E-state index in [1.165, 1.54) is 7.11 Å². The minimum absolute atomic E-state index is 0.225. The van der Waals surface area contributed by atoms with Crippen LogP contribution < -0.4 is 0 Å². The van der Waals surface area contributed by atoms with Gasteiger partial charge >= 0.3 is 5.97 Å². The van der Waals surface area contributed by atoms with Gasteiger partial charge in [-0.2, -0.15) is 0 Å². The fourth-order valence-corrected chi connectivity index (χ4v) is 2.67. The van der Waals surface area contributed by atoms with Gasteiger partial charge in [0.05, 0.1) is 13.5 Å². The zero-order valence-corrected chi connectivity index (χ0v) is 10.8. The molecule has 0 unspecified atom stereocenters. The Morgan fingerprint density at radius 2 is 2.35 bits per heavy atom. The van der Waals surface area contributed by atoms with Gasteiger partial charge in [0.25, 0.3) is 0 Å². The fraction of sp³-hybridized carbons (Fsp3) is 0.714. The zero-order chi connectivity index (χ0) is 12.9. The number of ether oxygens (including phenoxy) is 1. The van der Waals surface area contributed by atoms with E-state index >= 15 is 0 Å². The van der Waals surface area contributed by atoms with Gasteiger partial charge < -0.3 is 4.74 Å². The number of Topliss-reactive ketones (excluding diaryl/α,β-unsaturated/α-hetero) is 1. The van der Waals surface area contributed by atoms with Crippen LogP contribution in [0.4, 0.5) is 0 Å². The third-order valence-corrected chi connectivity index (χ3v) is 3.98. The van der Waals surface area contributed by atoms with E-state index in [9.17, 15) is 9.59 Å². The lowest BCUT2D eigenvalue weighted by atomic mass is 9.65. The van der Waals surface area contributed by atoms with Crippen LogP contribution in [0.2, 0.25) is 0 Å². The van der Waals surface area contributed by atoms with Crippen molar-refractivity contribution in [2.24, 2.45) is 11.3 Å². The molecule has 0 saturated heterocycles. The predicted molar refractivity (Wildman–Crippen MR) is 66.5 cm³/mol. The summed E-state index contributed by atoms with van der Waals surface area (Å²) in [6, 6.07) is 0. The Labute approximate surface area is 103 Å². The number of hydrogen-bond donors (Lipinski definition) is 0. The largest absolute Gasteiger partial charge is 0.469 e. The van der Waals surface area contributed by atoms with Crippen LogP contribution >= 0.6 is 0 Å². The highest BCUT2D eigenvalue weighted by atomic mass is 16.5. The van der Waals surface area contributed by atoms with Crippen LogP contribution in [0, 0.1) is 11.3 Å². The van der Waals surface area contributed by atoms with E-state index in [1.54, 1.807) is 0 Å². The molecule has 0 N–H and O–H groups in total. The van der Waals surface area contributed by atoms with Crippen LogP contribution in [0.1, 0.15) is 45.4 Å². The molecule has 2 atom stereocenters. The number of carbonyl (C=O) groups excluding carboxylic acids is 2. The minimum Gasteiger partial charge on any atom is -0.469 e. The molecule has 0 bridgehead atoms. The Hall–Kier alpha value is -1.12. The molecule has 0 amide bonds. The summed E-state index contributed by atoms with van der Waals surface area (Å²) in [7, 11) is 1.37. The van der Waals surface area contributed by atoms with Gasteiger partial charge in [-0.1, -0.05) is 13.0 Å². The number of hydrogen-bond acceptors (Lipinski definition) is 3. The third-order valence-electron chi connectivity index (χ3n) is 3.98. The summed E-state index contributed by atoms with van der Waals surface area (Å²) in [5, 5.41) is 0. The van der Waals surface area contributed by atoms with Gasteiger partial charge in [0.1, 0.15) is 5.78 Å². The molecule has 1 saturated carbocycles. The highest BCUT2D eigenvalue weighted by Crippen LogP contribution is 2.42. The Kier molecular flexibility index (Phi) is 4.91. The molecule has 1 aliphatic rings. The normalized spacial score (nSPS) is 28.8. The first-order chi connectivity index (χ1) is 8.07. The van der Waals surface area contributed by atoms with Crippen molar-refractivity contribution in [2.45, 2.75) is 45.4 Å². The first-order valence-electron chi connectivity index (χ1n) is 6.29. The second-order valence-electron chi connectivity index (χ2n) is 4.94. The second-order valence-corrected chi connectivity index (χ2v) is 4.94. The van der Waals surface area contributed by atoms with Crippen LogP contribution in [-0.4, -0.2) is 18.9 Å². The van der Waals surface area contributed by atoms with Gasteiger partial charge in [-0.3, -0.25) is 9.59 Å². The van der Waals surface area contributed by atoms with Crippen LogP contribution in [-0.2, 0) is 14.3 Å². The van der Waals surface area contributed by atoms with Gasteiger partial charge in [0, 0.05) is 11.8 Å². The molecule has 3 heteroatoms. The molecule has 1 fully saturated rings. The van der Waals surface area contributed by atoms with Crippen molar-refractivity contribution in [2.75, 3.05) is 7.11 Å². The van der Waals surface area contributed by atoms with Crippen molar-refractivity contribution in [3.63, 3.8) is 0 Å². The Bertz CT molecular complexity index is 309. The fourth-order valence-electron chi connectivity index (χ4n) is 2.67. The minimum atomic E-state index is -0.467. The number of ketones is 1. The Balaban J connectivity index is 2.71. The molecule has 1 aliphatic carbocycles. The number of methoxy groups -OCH3 is 1. The lowest BCUT2D eigenvalue weighted by Gasteiger charge is -2.37.